The van der Waals surface area contributed by atoms with Gasteiger partial charge in [-0.3, -0.25) is 0 Å². The molecule has 3 heteroatoms. The van der Waals surface area contributed by atoms with Crippen molar-refractivity contribution in [1.29, 1.82) is 0 Å². The molecule has 0 aromatic carbocycles. The molecule has 1 fully saturated rings. The van der Waals surface area contributed by atoms with Gasteiger partial charge in [0, 0.05) is 0 Å². The van der Waals surface area contributed by atoms with E-state index in [1.54, 1.807) is 0 Å². The van der Waals surface area contributed by atoms with Crippen molar-refractivity contribution in [3.8, 4) is 0 Å². The first kappa shape index (κ1) is 12.9. The number of hydrogen-bond donors (Lipinski definition) is 0. The maximum absolute atomic E-state index is 2.46. The Balaban J connectivity index is 2.40. The van der Waals surface area contributed by atoms with Crippen molar-refractivity contribution in [2.45, 2.75) is 40.5 Å². The first-order chi connectivity index (χ1) is 7.74. The van der Waals surface area contributed by atoms with Gasteiger partial charge < -0.3 is 0 Å². The van der Waals surface area contributed by atoms with Crippen LogP contribution in [0.15, 0.2) is 0 Å². The topological polar surface area (TPSA) is 6.25 Å². The molecule has 0 spiro atoms. The van der Waals surface area contributed by atoms with Crippen molar-refractivity contribution in [2.24, 2.45) is 10.8 Å². The standard InChI is InChI=1S/C14H26BN2/c1-13(2)7-9-16(5)11(13)15-12-14(3,4)8-10-17(12)6/h7-10H2,1-6H3/q+1. The molecule has 2 rings (SSSR count). The molecule has 0 saturated carbocycles. The summed E-state index contributed by atoms with van der Waals surface area (Å²) in [6.07, 6.45) is 2.54. The molecule has 0 unspecified atom stereocenters. The Bertz CT molecular complexity index is 391. The van der Waals surface area contributed by atoms with Gasteiger partial charge in [-0.2, -0.15) is 0 Å². The second-order valence-corrected chi connectivity index (χ2v) is 7.03. The molecule has 2 aliphatic heterocycles. The van der Waals surface area contributed by atoms with Crippen molar-refractivity contribution in [3.05, 3.63) is 0 Å². The van der Waals surface area contributed by atoms with Crippen molar-refractivity contribution >= 4 is 18.1 Å². The van der Waals surface area contributed by atoms with E-state index in [-0.39, 0.29) is 0 Å². The van der Waals surface area contributed by atoms with Gasteiger partial charge in [-0.1, -0.05) is 0 Å². The SMILES string of the molecule is CN1CCC(C)(C)C1=BC1=[N+](C)CCC1(C)C. The Hall–Kier alpha value is -0.595. The van der Waals surface area contributed by atoms with E-state index >= 15 is 0 Å². The molecule has 0 N–H and O–H groups in total. The van der Waals surface area contributed by atoms with Gasteiger partial charge in [0.2, 0.25) is 0 Å². The monoisotopic (exact) mass is 233 g/mol. The van der Waals surface area contributed by atoms with Crippen LogP contribution in [0, 0.1) is 10.8 Å². The first-order valence-corrected chi connectivity index (χ1v) is 6.76. The molecule has 17 heavy (non-hydrogen) atoms. The average molecular weight is 233 g/mol. The van der Waals surface area contributed by atoms with E-state index in [0.717, 1.165) is 0 Å². The summed E-state index contributed by atoms with van der Waals surface area (Å²) in [7, 11) is 4.45. The normalized spacial score (nSPS) is 29.1. The van der Waals surface area contributed by atoms with E-state index in [1.807, 2.05) is 0 Å². The number of hydrogen-bond acceptors (Lipinski definition) is 1. The van der Waals surface area contributed by atoms with Gasteiger partial charge >= 0.3 is 106 Å². The van der Waals surface area contributed by atoms with Crippen LogP contribution in [0.5, 0.6) is 0 Å². The van der Waals surface area contributed by atoms with Crippen LogP contribution in [0.2, 0.25) is 0 Å². The first-order valence-electron chi connectivity index (χ1n) is 6.76. The fourth-order valence-corrected chi connectivity index (χ4v) is 3.17. The van der Waals surface area contributed by atoms with E-state index in [2.05, 4.69) is 58.2 Å². The Morgan fingerprint density at radius 3 is 2.18 bits per heavy atom. The minimum atomic E-state index is 0.335. The summed E-state index contributed by atoms with van der Waals surface area (Å²) in [5.74, 6) is 0. The van der Waals surface area contributed by atoms with Crippen LogP contribution in [0.4, 0.5) is 0 Å². The Kier molecular flexibility index (Phi) is 2.99. The quantitative estimate of drug-likeness (QED) is 0.493. The number of likely N-dealkylation sites (tertiary alicyclic amines) is 1. The van der Waals surface area contributed by atoms with E-state index in [9.17, 15) is 0 Å². The Labute approximate surface area is 107 Å². The van der Waals surface area contributed by atoms with Crippen molar-refractivity contribution in [1.82, 2.24) is 4.90 Å². The van der Waals surface area contributed by atoms with Crippen molar-refractivity contribution < 1.29 is 4.58 Å². The maximum atomic E-state index is 2.46. The molecular weight excluding hydrogens is 207 g/mol. The molecule has 0 radical (unpaired) electrons. The second-order valence-electron chi connectivity index (χ2n) is 7.03. The zero-order valence-electron chi connectivity index (χ0n) is 12.3. The Morgan fingerprint density at radius 2 is 1.76 bits per heavy atom. The van der Waals surface area contributed by atoms with E-state index in [4.69, 9.17) is 0 Å². The van der Waals surface area contributed by atoms with Crippen LogP contribution < -0.4 is 0 Å². The summed E-state index contributed by atoms with van der Waals surface area (Å²) in [4.78, 5) is 2.43. The molecule has 2 aliphatic rings. The third-order valence-corrected chi connectivity index (χ3v) is 4.63. The summed E-state index contributed by atoms with van der Waals surface area (Å²) in [6.45, 7) is 14.3. The van der Waals surface area contributed by atoms with Crippen LogP contribution >= 0.6 is 0 Å². The van der Waals surface area contributed by atoms with Gasteiger partial charge in [0.15, 0.2) is 0 Å². The molecule has 0 aromatic heterocycles. The number of nitrogens with zero attached hydrogens (tertiary/aromatic N) is 2. The molecular formula is C14H26BN2+. The Morgan fingerprint density at radius 1 is 1.12 bits per heavy atom. The van der Waals surface area contributed by atoms with Crippen LogP contribution in [0.1, 0.15) is 40.5 Å². The molecule has 0 atom stereocenters. The molecule has 2 nitrogen and oxygen atoms in total. The number of rotatable bonds is 1. The molecule has 94 valence electrons. The van der Waals surface area contributed by atoms with Gasteiger partial charge in [0.25, 0.3) is 0 Å². The second kappa shape index (κ2) is 3.96. The fraction of sp³-hybridized carbons (Fsp3) is 0.857. The molecule has 0 amide bonds. The third-order valence-electron chi connectivity index (χ3n) is 4.63. The van der Waals surface area contributed by atoms with E-state index in [1.165, 1.54) is 37.1 Å². The van der Waals surface area contributed by atoms with Gasteiger partial charge in [0.05, 0.1) is 0 Å². The van der Waals surface area contributed by atoms with Crippen LogP contribution in [0.3, 0.4) is 0 Å². The van der Waals surface area contributed by atoms with Gasteiger partial charge in [-0.15, -0.1) is 0 Å². The minimum absolute atomic E-state index is 0.335. The van der Waals surface area contributed by atoms with E-state index in [0.29, 0.717) is 10.8 Å². The molecule has 2 heterocycles. The van der Waals surface area contributed by atoms with Gasteiger partial charge in [-0.05, 0) is 0 Å². The molecule has 1 saturated heterocycles. The fourth-order valence-electron chi connectivity index (χ4n) is 3.17. The summed E-state index contributed by atoms with van der Waals surface area (Å²) in [5, 5.41) is 0. The summed E-state index contributed by atoms with van der Waals surface area (Å²) in [6, 6.07) is 0. The van der Waals surface area contributed by atoms with Gasteiger partial charge in [-0.25, -0.2) is 0 Å². The summed E-state index contributed by atoms with van der Waals surface area (Å²) < 4.78 is 2.43. The summed E-state index contributed by atoms with van der Waals surface area (Å²) >= 11 is 0. The van der Waals surface area contributed by atoms with Gasteiger partial charge in [0.1, 0.15) is 0 Å². The van der Waals surface area contributed by atoms with Crippen LogP contribution in [0.25, 0.3) is 0 Å². The zero-order chi connectivity index (χ0) is 12.8. The zero-order valence-corrected chi connectivity index (χ0v) is 12.3. The van der Waals surface area contributed by atoms with Crippen LogP contribution in [-0.2, 0) is 0 Å². The third kappa shape index (κ3) is 2.21. The predicted octanol–water partition coefficient (Wildman–Crippen LogP) is 1.65. The van der Waals surface area contributed by atoms with Crippen molar-refractivity contribution in [2.75, 3.05) is 27.2 Å². The van der Waals surface area contributed by atoms with Crippen LogP contribution in [-0.4, -0.2) is 54.8 Å². The summed E-state index contributed by atoms with van der Waals surface area (Å²) in [5.41, 5.74) is 3.69. The van der Waals surface area contributed by atoms with Crippen molar-refractivity contribution in [3.63, 3.8) is 0 Å². The molecule has 0 aromatic rings. The van der Waals surface area contributed by atoms with E-state index < -0.39 is 0 Å². The molecule has 0 aliphatic carbocycles. The molecule has 0 bridgehead atoms. The average Bonchev–Trinajstić information content (AvgIpc) is 2.61. The predicted molar refractivity (Wildman–Crippen MR) is 76.2 cm³/mol.